The number of imidazole rings is 1. The van der Waals surface area contributed by atoms with Crippen LogP contribution in [0.1, 0.15) is 18.5 Å². The Hall–Kier alpha value is -2.87. The van der Waals surface area contributed by atoms with Gasteiger partial charge in [0.15, 0.2) is 6.39 Å². The fourth-order valence-electron chi connectivity index (χ4n) is 3.34. The molecule has 3 aromatic rings. The average molecular weight is 356 g/mol. The molecule has 1 aliphatic rings. The van der Waals surface area contributed by atoms with Gasteiger partial charge in [0.25, 0.3) is 0 Å². The minimum Gasteiger partial charge on any atom is -0.451 e. The van der Waals surface area contributed by atoms with Gasteiger partial charge in [0, 0.05) is 19.8 Å². The van der Waals surface area contributed by atoms with Crippen LogP contribution in [0.3, 0.4) is 0 Å². The van der Waals surface area contributed by atoms with Crippen molar-refractivity contribution < 1.29 is 13.9 Å². The summed E-state index contributed by atoms with van der Waals surface area (Å²) in [6.45, 7) is 2.22. The first-order valence-electron chi connectivity index (χ1n) is 8.67. The number of oxazole rings is 1. The van der Waals surface area contributed by atoms with E-state index in [4.69, 9.17) is 9.15 Å². The van der Waals surface area contributed by atoms with Gasteiger partial charge in [0.05, 0.1) is 23.3 Å². The summed E-state index contributed by atoms with van der Waals surface area (Å²) in [5.74, 6) is 0.374. The van der Waals surface area contributed by atoms with Gasteiger partial charge in [-0.3, -0.25) is 4.57 Å². The van der Waals surface area contributed by atoms with Crippen molar-refractivity contribution in [2.45, 2.75) is 25.9 Å². The zero-order chi connectivity index (χ0) is 17.9. The number of rotatable bonds is 4. The van der Waals surface area contributed by atoms with Crippen LogP contribution in [0.4, 0.5) is 4.79 Å². The molecular formula is C18H20N4O4. The van der Waals surface area contributed by atoms with E-state index >= 15 is 0 Å². The van der Waals surface area contributed by atoms with Gasteiger partial charge < -0.3 is 14.5 Å². The van der Waals surface area contributed by atoms with Gasteiger partial charge in [-0.25, -0.2) is 19.1 Å². The fraction of sp³-hybridized carbons (Fsp3) is 0.389. The number of para-hydroxylation sites is 2. The first-order valence-corrected chi connectivity index (χ1v) is 8.67. The van der Waals surface area contributed by atoms with E-state index in [1.807, 2.05) is 18.2 Å². The van der Waals surface area contributed by atoms with E-state index in [1.165, 1.54) is 17.2 Å². The van der Waals surface area contributed by atoms with Crippen LogP contribution in [0.2, 0.25) is 0 Å². The molecular weight excluding hydrogens is 336 g/mol. The molecule has 2 aromatic heterocycles. The van der Waals surface area contributed by atoms with Gasteiger partial charge in [-0.05, 0) is 30.9 Å². The number of carbonyl (C=O) groups excluding carboxylic acids is 1. The number of nitrogens with zero attached hydrogens (tertiary/aromatic N) is 3. The Morgan fingerprint density at radius 3 is 2.73 bits per heavy atom. The molecule has 0 radical (unpaired) electrons. The van der Waals surface area contributed by atoms with Crippen molar-refractivity contribution in [3.05, 3.63) is 53.1 Å². The number of benzene rings is 1. The molecule has 3 heterocycles. The highest BCUT2D eigenvalue weighted by Crippen LogP contribution is 2.20. The summed E-state index contributed by atoms with van der Waals surface area (Å²) in [7, 11) is 0. The highest BCUT2D eigenvalue weighted by molar-refractivity contribution is 5.89. The number of hydrogen-bond acceptors (Lipinski definition) is 5. The van der Waals surface area contributed by atoms with E-state index in [9.17, 15) is 9.59 Å². The number of fused-ring (bicyclic) bond motifs is 1. The van der Waals surface area contributed by atoms with Crippen molar-refractivity contribution in [2.75, 3.05) is 13.2 Å². The Morgan fingerprint density at radius 1 is 1.23 bits per heavy atom. The highest BCUT2D eigenvalue weighted by atomic mass is 16.5. The summed E-state index contributed by atoms with van der Waals surface area (Å²) in [5.41, 5.74) is 1.63. The Labute approximate surface area is 149 Å². The summed E-state index contributed by atoms with van der Waals surface area (Å²) >= 11 is 0. The number of ether oxygens (including phenoxy) is 1. The topological polar surface area (TPSA) is 91.3 Å². The lowest BCUT2D eigenvalue weighted by atomic mass is 10.0. The molecule has 8 nitrogen and oxygen atoms in total. The van der Waals surface area contributed by atoms with Crippen LogP contribution in [0, 0.1) is 5.92 Å². The van der Waals surface area contributed by atoms with E-state index in [1.54, 1.807) is 10.6 Å². The first kappa shape index (κ1) is 16.6. The Balaban J connectivity index is 1.64. The van der Waals surface area contributed by atoms with E-state index < -0.39 is 6.03 Å². The molecule has 0 spiro atoms. The Bertz CT molecular complexity index is 951. The van der Waals surface area contributed by atoms with Crippen LogP contribution in [-0.2, 0) is 17.8 Å². The molecule has 1 aliphatic heterocycles. The number of aromatic nitrogens is 3. The SMILES string of the molecule is O=C(NCc1cocn1)n1c(=O)n(CC2CCOCC2)c2ccccc21. The van der Waals surface area contributed by atoms with Gasteiger partial charge in [-0.15, -0.1) is 0 Å². The Morgan fingerprint density at radius 2 is 2.00 bits per heavy atom. The van der Waals surface area contributed by atoms with Gasteiger partial charge >= 0.3 is 11.7 Å². The molecule has 0 unspecified atom stereocenters. The minimum atomic E-state index is -0.472. The molecule has 1 saturated heterocycles. The second kappa shape index (κ2) is 7.17. The molecule has 4 rings (SSSR count). The van der Waals surface area contributed by atoms with E-state index in [0.29, 0.717) is 23.7 Å². The van der Waals surface area contributed by atoms with Gasteiger partial charge in [0.1, 0.15) is 6.26 Å². The second-order valence-electron chi connectivity index (χ2n) is 6.41. The number of nitrogens with one attached hydrogen (secondary N) is 1. The molecule has 0 atom stereocenters. The third-order valence-corrected chi connectivity index (χ3v) is 4.72. The molecule has 1 amide bonds. The van der Waals surface area contributed by atoms with Crippen molar-refractivity contribution in [2.24, 2.45) is 5.92 Å². The summed E-state index contributed by atoms with van der Waals surface area (Å²) in [6.07, 6.45) is 4.60. The molecule has 136 valence electrons. The van der Waals surface area contributed by atoms with Gasteiger partial charge in [-0.1, -0.05) is 12.1 Å². The molecule has 1 aromatic carbocycles. The maximum absolute atomic E-state index is 13.0. The summed E-state index contributed by atoms with van der Waals surface area (Å²) in [5, 5.41) is 2.72. The Kier molecular flexibility index (Phi) is 4.57. The number of amides is 1. The number of carbonyl (C=O) groups is 1. The van der Waals surface area contributed by atoms with Crippen LogP contribution in [0.15, 0.2) is 46.1 Å². The quantitative estimate of drug-likeness (QED) is 0.772. The molecule has 1 fully saturated rings. The summed E-state index contributed by atoms with van der Waals surface area (Å²) < 4.78 is 13.2. The maximum atomic E-state index is 13.0. The third kappa shape index (κ3) is 3.15. The smallest absolute Gasteiger partial charge is 0.337 e. The van der Waals surface area contributed by atoms with Crippen LogP contribution in [0.5, 0.6) is 0 Å². The van der Waals surface area contributed by atoms with Gasteiger partial charge in [-0.2, -0.15) is 0 Å². The predicted molar refractivity (Wildman–Crippen MR) is 93.9 cm³/mol. The zero-order valence-electron chi connectivity index (χ0n) is 14.3. The standard InChI is InChI=1S/C18H20N4O4/c23-17(19-9-14-11-26-12-20-14)22-16-4-2-1-3-15(16)21(18(22)24)10-13-5-7-25-8-6-13/h1-4,11-13H,5-10H2,(H,19,23). The molecule has 0 saturated carbocycles. The van der Waals surface area contributed by atoms with Crippen molar-refractivity contribution in [1.29, 1.82) is 0 Å². The van der Waals surface area contributed by atoms with Crippen molar-refractivity contribution in [1.82, 2.24) is 19.4 Å². The maximum Gasteiger partial charge on any atom is 0.337 e. The van der Waals surface area contributed by atoms with Crippen molar-refractivity contribution >= 4 is 17.1 Å². The van der Waals surface area contributed by atoms with E-state index in [-0.39, 0.29) is 12.2 Å². The van der Waals surface area contributed by atoms with Crippen molar-refractivity contribution in [3.63, 3.8) is 0 Å². The molecule has 1 N–H and O–H groups in total. The van der Waals surface area contributed by atoms with Crippen LogP contribution in [0.25, 0.3) is 11.0 Å². The molecule has 8 heteroatoms. The summed E-state index contributed by atoms with van der Waals surface area (Å²) in [6, 6.07) is 6.88. The van der Waals surface area contributed by atoms with E-state index in [2.05, 4.69) is 10.3 Å². The molecule has 0 aliphatic carbocycles. The largest absolute Gasteiger partial charge is 0.451 e. The van der Waals surface area contributed by atoms with Crippen molar-refractivity contribution in [3.8, 4) is 0 Å². The van der Waals surface area contributed by atoms with E-state index in [0.717, 1.165) is 31.6 Å². The van der Waals surface area contributed by atoms with Crippen LogP contribution < -0.4 is 11.0 Å². The summed E-state index contributed by atoms with van der Waals surface area (Å²) in [4.78, 5) is 29.6. The van der Waals surface area contributed by atoms with Crippen LogP contribution >= 0.6 is 0 Å². The lowest BCUT2D eigenvalue weighted by Crippen LogP contribution is -2.37. The normalized spacial score (nSPS) is 15.4. The molecule has 26 heavy (non-hydrogen) atoms. The lowest BCUT2D eigenvalue weighted by molar-refractivity contribution is 0.0613. The predicted octanol–water partition coefficient (Wildman–Crippen LogP) is 1.98. The second-order valence-corrected chi connectivity index (χ2v) is 6.41. The first-order chi connectivity index (χ1) is 12.7. The highest BCUT2D eigenvalue weighted by Gasteiger charge is 2.21. The fourth-order valence-corrected chi connectivity index (χ4v) is 3.34. The van der Waals surface area contributed by atoms with Crippen LogP contribution in [-0.4, -0.2) is 33.4 Å². The zero-order valence-corrected chi connectivity index (χ0v) is 14.3. The monoisotopic (exact) mass is 356 g/mol. The lowest BCUT2D eigenvalue weighted by Gasteiger charge is -2.22. The minimum absolute atomic E-state index is 0.196. The number of hydrogen-bond donors (Lipinski definition) is 1. The van der Waals surface area contributed by atoms with Gasteiger partial charge in [0.2, 0.25) is 0 Å². The third-order valence-electron chi connectivity index (χ3n) is 4.72. The molecule has 0 bridgehead atoms. The average Bonchev–Trinajstić information content (AvgIpc) is 3.28.